The highest BCUT2D eigenvalue weighted by atomic mass is 16.3. The van der Waals surface area contributed by atoms with Crippen LogP contribution in [-0.4, -0.2) is 48.7 Å². The minimum Gasteiger partial charge on any atom is -0.396 e. The average Bonchev–Trinajstić information content (AvgIpc) is 3.07. The van der Waals surface area contributed by atoms with Crippen molar-refractivity contribution in [3.05, 3.63) is 0 Å². The summed E-state index contributed by atoms with van der Waals surface area (Å²) in [5.41, 5.74) is 0.189. The number of carbonyl (C=O) groups excluding carboxylic acids is 1. The van der Waals surface area contributed by atoms with Crippen LogP contribution in [0.2, 0.25) is 0 Å². The molecular weight excluding hydrogens is 240 g/mol. The van der Waals surface area contributed by atoms with Crippen molar-refractivity contribution in [3.8, 4) is 0 Å². The molecule has 4 nitrogen and oxygen atoms in total. The lowest BCUT2D eigenvalue weighted by Gasteiger charge is -2.37. The van der Waals surface area contributed by atoms with E-state index in [-0.39, 0.29) is 17.9 Å². The summed E-state index contributed by atoms with van der Waals surface area (Å²) in [6.45, 7) is 3.96. The third-order valence-electron chi connectivity index (χ3n) is 5.65. The van der Waals surface area contributed by atoms with Gasteiger partial charge in [-0.1, -0.05) is 12.8 Å². The van der Waals surface area contributed by atoms with Gasteiger partial charge in [0.05, 0.1) is 0 Å². The number of hydrogen-bond acceptors (Lipinski definition) is 3. The normalized spacial score (nSPS) is 31.2. The van der Waals surface area contributed by atoms with Gasteiger partial charge in [-0.15, -0.1) is 0 Å². The molecule has 0 bridgehead atoms. The molecule has 3 rings (SSSR count). The summed E-state index contributed by atoms with van der Waals surface area (Å²) in [4.78, 5) is 14.6. The summed E-state index contributed by atoms with van der Waals surface area (Å²) < 4.78 is 0. The first-order chi connectivity index (χ1) is 9.25. The van der Waals surface area contributed by atoms with Crippen molar-refractivity contribution in [3.63, 3.8) is 0 Å². The van der Waals surface area contributed by atoms with Crippen LogP contribution >= 0.6 is 0 Å². The van der Waals surface area contributed by atoms with Crippen LogP contribution < -0.4 is 5.32 Å². The van der Waals surface area contributed by atoms with Gasteiger partial charge in [0.15, 0.2) is 0 Å². The molecule has 1 saturated carbocycles. The summed E-state index contributed by atoms with van der Waals surface area (Å²) in [5, 5.41) is 13.1. The lowest BCUT2D eigenvalue weighted by Crippen LogP contribution is -2.43. The molecule has 2 aliphatic heterocycles. The number of likely N-dealkylation sites (tertiary alicyclic amines) is 1. The number of piperidine rings is 1. The summed E-state index contributed by atoms with van der Waals surface area (Å²) in [7, 11) is 0. The molecule has 2 heterocycles. The fraction of sp³-hybridized carbons (Fsp3) is 0.933. The smallest absolute Gasteiger partial charge is 0.225 e. The predicted molar refractivity (Wildman–Crippen MR) is 73.7 cm³/mol. The number of aliphatic hydroxyl groups is 1. The maximum Gasteiger partial charge on any atom is 0.225 e. The molecule has 1 aliphatic carbocycles. The molecule has 108 valence electrons. The highest BCUT2D eigenvalue weighted by molar-refractivity contribution is 5.79. The van der Waals surface area contributed by atoms with Crippen molar-refractivity contribution in [2.24, 2.45) is 17.3 Å². The first-order valence-electron chi connectivity index (χ1n) is 7.85. The van der Waals surface area contributed by atoms with Gasteiger partial charge in [-0.3, -0.25) is 4.79 Å². The van der Waals surface area contributed by atoms with Crippen molar-refractivity contribution in [2.75, 3.05) is 32.8 Å². The molecule has 19 heavy (non-hydrogen) atoms. The zero-order chi connectivity index (χ0) is 13.3. The second kappa shape index (κ2) is 5.41. The van der Waals surface area contributed by atoms with E-state index in [0.29, 0.717) is 11.8 Å². The van der Waals surface area contributed by atoms with Crippen molar-refractivity contribution in [1.82, 2.24) is 10.2 Å². The quantitative estimate of drug-likeness (QED) is 0.784. The number of nitrogens with zero attached hydrogens (tertiary/aromatic N) is 1. The first kappa shape index (κ1) is 13.4. The van der Waals surface area contributed by atoms with Crippen LogP contribution in [0.5, 0.6) is 0 Å². The second-order valence-electron chi connectivity index (χ2n) is 6.69. The van der Waals surface area contributed by atoms with Crippen molar-refractivity contribution >= 4 is 5.91 Å². The Morgan fingerprint density at radius 1 is 1.26 bits per heavy atom. The summed E-state index contributed by atoms with van der Waals surface area (Å²) >= 11 is 0. The van der Waals surface area contributed by atoms with Crippen LogP contribution in [0, 0.1) is 17.3 Å². The Kier molecular flexibility index (Phi) is 3.81. The topological polar surface area (TPSA) is 52.6 Å². The van der Waals surface area contributed by atoms with Gasteiger partial charge in [-0.25, -0.2) is 0 Å². The number of hydrogen-bond donors (Lipinski definition) is 2. The number of aliphatic hydroxyl groups excluding tert-OH is 1. The van der Waals surface area contributed by atoms with Crippen LogP contribution in [0.3, 0.4) is 0 Å². The van der Waals surface area contributed by atoms with Gasteiger partial charge in [0.25, 0.3) is 0 Å². The molecule has 1 atom stereocenters. The van der Waals surface area contributed by atoms with Crippen LogP contribution in [0.15, 0.2) is 0 Å². The van der Waals surface area contributed by atoms with Gasteiger partial charge in [0, 0.05) is 31.5 Å². The van der Waals surface area contributed by atoms with Crippen LogP contribution in [0.4, 0.5) is 0 Å². The molecule has 0 aromatic heterocycles. The van der Waals surface area contributed by atoms with Gasteiger partial charge in [-0.2, -0.15) is 0 Å². The minimum atomic E-state index is 0.189. The maximum atomic E-state index is 12.6. The maximum absolute atomic E-state index is 12.6. The standard InChI is InChI=1S/C15H26N2O2/c18-10-13-9-17(14(19)12-3-1-2-4-12)11-15(13)5-7-16-8-6-15/h12-13,16,18H,1-11H2. The van der Waals surface area contributed by atoms with Gasteiger partial charge in [0.1, 0.15) is 0 Å². The fourth-order valence-electron chi connectivity index (χ4n) is 4.37. The predicted octanol–water partition coefficient (Wildman–Crippen LogP) is 0.997. The van der Waals surface area contributed by atoms with E-state index in [9.17, 15) is 9.90 Å². The van der Waals surface area contributed by atoms with Crippen LogP contribution in [0.1, 0.15) is 38.5 Å². The molecule has 1 unspecified atom stereocenters. The Bertz CT molecular complexity index is 333. The Balaban J connectivity index is 1.70. The van der Waals surface area contributed by atoms with Crippen LogP contribution in [-0.2, 0) is 4.79 Å². The lowest BCUT2D eigenvalue weighted by molar-refractivity contribution is -0.134. The summed E-state index contributed by atoms with van der Waals surface area (Å²) in [5.74, 6) is 0.933. The monoisotopic (exact) mass is 266 g/mol. The van der Waals surface area contributed by atoms with E-state index < -0.39 is 0 Å². The summed E-state index contributed by atoms with van der Waals surface area (Å²) in [6, 6.07) is 0. The molecule has 4 heteroatoms. The average molecular weight is 266 g/mol. The van der Waals surface area contributed by atoms with Gasteiger partial charge >= 0.3 is 0 Å². The van der Waals surface area contributed by atoms with E-state index >= 15 is 0 Å². The van der Waals surface area contributed by atoms with Crippen molar-refractivity contribution in [2.45, 2.75) is 38.5 Å². The summed E-state index contributed by atoms with van der Waals surface area (Å²) in [6.07, 6.45) is 6.78. The van der Waals surface area contributed by atoms with Gasteiger partial charge in [0.2, 0.25) is 5.91 Å². The molecule has 0 aromatic rings. The van der Waals surface area contributed by atoms with E-state index in [1.54, 1.807) is 0 Å². The first-order valence-corrected chi connectivity index (χ1v) is 7.85. The molecule has 2 saturated heterocycles. The Hall–Kier alpha value is -0.610. The third-order valence-corrected chi connectivity index (χ3v) is 5.65. The second-order valence-corrected chi connectivity index (χ2v) is 6.69. The molecule has 0 radical (unpaired) electrons. The largest absolute Gasteiger partial charge is 0.396 e. The number of carbonyl (C=O) groups is 1. The fourth-order valence-corrected chi connectivity index (χ4v) is 4.37. The molecule has 3 fully saturated rings. The van der Waals surface area contributed by atoms with E-state index in [1.165, 1.54) is 12.8 Å². The Labute approximate surface area is 115 Å². The third kappa shape index (κ3) is 2.40. The minimum absolute atomic E-state index is 0.189. The molecule has 0 aromatic carbocycles. The molecule has 2 N–H and O–H groups in total. The van der Waals surface area contributed by atoms with E-state index in [4.69, 9.17) is 0 Å². The van der Waals surface area contributed by atoms with Crippen molar-refractivity contribution in [1.29, 1.82) is 0 Å². The number of nitrogens with one attached hydrogen (secondary N) is 1. The zero-order valence-electron chi connectivity index (χ0n) is 11.7. The zero-order valence-corrected chi connectivity index (χ0v) is 11.7. The SMILES string of the molecule is O=C(C1CCCC1)N1CC(CO)C2(CCNCC2)C1. The van der Waals surface area contributed by atoms with E-state index in [0.717, 1.165) is 51.9 Å². The molecule has 1 amide bonds. The van der Waals surface area contributed by atoms with E-state index in [2.05, 4.69) is 10.2 Å². The molecular formula is C15H26N2O2. The Morgan fingerprint density at radius 3 is 2.58 bits per heavy atom. The van der Waals surface area contributed by atoms with Gasteiger partial charge < -0.3 is 15.3 Å². The molecule has 3 aliphatic rings. The van der Waals surface area contributed by atoms with E-state index in [1.807, 2.05) is 0 Å². The highest BCUT2D eigenvalue weighted by Gasteiger charge is 2.48. The van der Waals surface area contributed by atoms with Gasteiger partial charge in [-0.05, 0) is 44.2 Å². The number of amides is 1. The van der Waals surface area contributed by atoms with Crippen LogP contribution in [0.25, 0.3) is 0 Å². The Morgan fingerprint density at radius 2 is 1.95 bits per heavy atom. The number of rotatable bonds is 2. The molecule has 1 spiro atoms. The lowest BCUT2D eigenvalue weighted by atomic mass is 9.71. The highest BCUT2D eigenvalue weighted by Crippen LogP contribution is 2.44. The van der Waals surface area contributed by atoms with Crippen molar-refractivity contribution < 1.29 is 9.90 Å².